The van der Waals surface area contributed by atoms with E-state index in [0.717, 1.165) is 0 Å². The van der Waals surface area contributed by atoms with Gasteiger partial charge in [0.15, 0.2) is 6.61 Å². The van der Waals surface area contributed by atoms with Crippen molar-refractivity contribution < 1.29 is 19.4 Å². The summed E-state index contributed by atoms with van der Waals surface area (Å²) in [4.78, 5) is 11.7. The molecule has 0 aromatic heterocycles. The standard InChI is InChI=1S/C13H17Cl2NO4/c1-19-7-10(4-5-17)16-13(18)8-20-12-3-2-9(14)6-11(12)15/h2-3,6,10,17H,4-5,7-8H2,1H3,(H,16,18). The lowest BCUT2D eigenvalue weighted by molar-refractivity contribution is -0.124. The van der Waals surface area contributed by atoms with Crippen LogP contribution in [0.15, 0.2) is 18.2 Å². The quantitative estimate of drug-likeness (QED) is 0.767. The van der Waals surface area contributed by atoms with E-state index >= 15 is 0 Å². The van der Waals surface area contributed by atoms with Crippen molar-refractivity contribution in [3.8, 4) is 5.75 Å². The van der Waals surface area contributed by atoms with Gasteiger partial charge in [0.1, 0.15) is 5.75 Å². The van der Waals surface area contributed by atoms with E-state index in [9.17, 15) is 4.79 Å². The summed E-state index contributed by atoms with van der Waals surface area (Å²) in [5.74, 6) is 0.0724. The summed E-state index contributed by atoms with van der Waals surface area (Å²) in [6.45, 7) is 0.124. The van der Waals surface area contributed by atoms with Gasteiger partial charge in [-0.1, -0.05) is 23.2 Å². The second kappa shape index (κ2) is 9.02. The Morgan fingerprint density at radius 3 is 2.80 bits per heavy atom. The number of aliphatic hydroxyl groups is 1. The molecule has 1 rings (SSSR count). The fourth-order valence-corrected chi connectivity index (χ4v) is 2.02. The molecule has 0 spiro atoms. The molecular formula is C13H17Cl2NO4. The van der Waals surface area contributed by atoms with Gasteiger partial charge in [-0.3, -0.25) is 4.79 Å². The molecule has 5 nitrogen and oxygen atoms in total. The average Bonchev–Trinajstić information content (AvgIpc) is 2.38. The molecule has 0 saturated carbocycles. The lowest BCUT2D eigenvalue weighted by Gasteiger charge is -2.17. The first-order chi connectivity index (χ1) is 9.56. The molecule has 1 aromatic carbocycles. The number of benzene rings is 1. The zero-order chi connectivity index (χ0) is 15.0. The number of halogens is 2. The van der Waals surface area contributed by atoms with Gasteiger partial charge >= 0.3 is 0 Å². The summed E-state index contributed by atoms with van der Waals surface area (Å²) in [5, 5.41) is 12.4. The molecule has 0 radical (unpaired) electrons. The molecule has 0 aliphatic heterocycles. The molecule has 112 valence electrons. The maximum Gasteiger partial charge on any atom is 0.258 e. The SMILES string of the molecule is COCC(CCO)NC(=O)COc1ccc(Cl)cc1Cl. The molecule has 0 heterocycles. The molecule has 0 saturated heterocycles. The van der Waals surface area contributed by atoms with Gasteiger partial charge in [-0.2, -0.15) is 0 Å². The van der Waals surface area contributed by atoms with Crippen LogP contribution in [0.1, 0.15) is 6.42 Å². The van der Waals surface area contributed by atoms with Crippen molar-refractivity contribution >= 4 is 29.1 Å². The number of rotatable bonds is 8. The second-order valence-corrected chi connectivity index (χ2v) is 4.94. The third-order valence-corrected chi connectivity index (χ3v) is 2.99. The van der Waals surface area contributed by atoms with Gasteiger partial charge in [-0.25, -0.2) is 0 Å². The highest BCUT2D eigenvalue weighted by atomic mass is 35.5. The molecule has 1 amide bonds. The zero-order valence-electron chi connectivity index (χ0n) is 11.1. The monoisotopic (exact) mass is 321 g/mol. The molecule has 0 bridgehead atoms. The summed E-state index contributed by atoms with van der Waals surface area (Å²) in [6.07, 6.45) is 0.418. The normalized spacial score (nSPS) is 12.0. The van der Waals surface area contributed by atoms with Gasteiger partial charge in [0.05, 0.1) is 17.7 Å². The van der Waals surface area contributed by atoms with Crippen LogP contribution in [0.4, 0.5) is 0 Å². The van der Waals surface area contributed by atoms with Crippen molar-refractivity contribution in [2.24, 2.45) is 0 Å². The number of carbonyl (C=O) groups is 1. The Bertz CT molecular complexity index is 436. The summed E-state index contributed by atoms with van der Waals surface area (Å²) < 4.78 is 10.3. The highest BCUT2D eigenvalue weighted by Gasteiger charge is 2.12. The van der Waals surface area contributed by atoms with Gasteiger partial charge in [0.25, 0.3) is 5.91 Å². The van der Waals surface area contributed by atoms with Crippen molar-refractivity contribution in [1.29, 1.82) is 0 Å². The molecule has 0 fully saturated rings. The summed E-state index contributed by atoms with van der Waals surface area (Å²) in [5.41, 5.74) is 0. The predicted molar refractivity (Wildman–Crippen MR) is 77.5 cm³/mol. The maximum absolute atomic E-state index is 11.7. The number of aliphatic hydroxyl groups excluding tert-OH is 1. The smallest absolute Gasteiger partial charge is 0.258 e. The van der Waals surface area contributed by atoms with Crippen molar-refractivity contribution in [1.82, 2.24) is 5.32 Å². The molecule has 0 aliphatic carbocycles. The van der Waals surface area contributed by atoms with Crippen LogP contribution in [0.25, 0.3) is 0 Å². The number of hydrogen-bond donors (Lipinski definition) is 2. The van der Waals surface area contributed by atoms with Crippen LogP contribution in [0.5, 0.6) is 5.75 Å². The summed E-state index contributed by atoms with van der Waals surface area (Å²) >= 11 is 11.7. The predicted octanol–water partition coefficient (Wildman–Crippen LogP) is 1.89. The van der Waals surface area contributed by atoms with E-state index in [1.54, 1.807) is 12.1 Å². The molecule has 2 N–H and O–H groups in total. The van der Waals surface area contributed by atoms with Crippen molar-refractivity contribution in [2.75, 3.05) is 26.9 Å². The van der Waals surface area contributed by atoms with E-state index in [0.29, 0.717) is 28.8 Å². The van der Waals surface area contributed by atoms with E-state index in [4.69, 9.17) is 37.8 Å². The number of hydrogen-bond acceptors (Lipinski definition) is 4. The molecule has 0 aliphatic rings. The van der Waals surface area contributed by atoms with Gasteiger partial charge in [0.2, 0.25) is 0 Å². The number of ether oxygens (including phenoxy) is 2. The van der Waals surface area contributed by atoms with Gasteiger partial charge < -0.3 is 19.9 Å². The Morgan fingerprint density at radius 2 is 2.20 bits per heavy atom. The minimum Gasteiger partial charge on any atom is -0.482 e. The van der Waals surface area contributed by atoms with Crippen molar-refractivity contribution in [3.63, 3.8) is 0 Å². The van der Waals surface area contributed by atoms with Crippen LogP contribution in [-0.4, -0.2) is 44.0 Å². The van der Waals surface area contributed by atoms with Crippen LogP contribution in [-0.2, 0) is 9.53 Å². The van der Waals surface area contributed by atoms with E-state index in [1.807, 2.05) is 0 Å². The minimum absolute atomic E-state index is 0.0296. The molecular weight excluding hydrogens is 305 g/mol. The fourth-order valence-electron chi connectivity index (χ4n) is 1.56. The third kappa shape index (κ3) is 5.96. The Balaban J connectivity index is 2.45. The number of carbonyl (C=O) groups excluding carboxylic acids is 1. The van der Waals surface area contributed by atoms with Crippen molar-refractivity contribution in [3.05, 3.63) is 28.2 Å². The fraction of sp³-hybridized carbons (Fsp3) is 0.462. The van der Waals surface area contributed by atoms with E-state index in [-0.39, 0.29) is 25.2 Å². The Morgan fingerprint density at radius 1 is 1.45 bits per heavy atom. The van der Waals surface area contributed by atoms with Crippen LogP contribution in [0, 0.1) is 0 Å². The van der Waals surface area contributed by atoms with E-state index < -0.39 is 0 Å². The van der Waals surface area contributed by atoms with Gasteiger partial charge in [0, 0.05) is 18.7 Å². The Kier molecular flexibility index (Phi) is 7.69. The minimum atomic E-state index is -0.313. The third-order valence-electron chi connectivity index (χ3n) is 2.46. The zero-order valence-corrected chi connectivity index (χ0v) is 12.6. The first-order valence-corrected chi connectivity index (χ1v) is 6.79. The summed E-state index contributed by atoms with van der Waals surface area (Å²) in [7, 11) is 1.53. The number of methoxy groups -OCH3 is 1. The first kappa shape index (κ1) is 17.0. The van der Waals surface area contributed by atoms with Crippen LogP contribution >= 0.6 is 23.2 Å². The number of amides is 1. The second-order valence-electron chi connectivity index (χ2n) is 4.10. The lowest BCUT2D eigenvalue weighted by atomic mass is 10.2. The highest BCUT2D eigenvalue weighted by Crippen LogP contribution is 2.27. The van der Waals surface area contributed by atoms with E-state index in [1.165, 1.54) is 13.2 Å². The first-order valence-electron chi connectivity index (χ1n) is 6.03. The lowest BCUT2D eigenvalue weighted by Crippen LogP contribution is -2.41. The average molecular weight is 322 g/mol. The molecule has 1 unspecified atom stereocenters. The molecule has 7 heteroatoms. The largest absolute Gasteiger partial charge is 0.482 e. The summed E-state index contributed by atoms with van der Waals surface area (Å²) in [6, 6.07) is 4.51. The van der Waals surface area contributed by atoms with Crippen LogP contribution in [0.3, 0.4) is 0 Å². The highest BCUT2D eigenvalue weighted by molar-refractivity contribution is 6.35. The molecule has 1 aromatic rings. The molecule has 1 atom stereocenters. The van der Waals surface area contributed by atoms with Crippen LogP contribution in [0.2, 0.25) is 10.0 Å². The van der Waals surface area contributed by atoms with Crippen molar-refractivity contribution in [2.45, 2.75) is 12.5 Å². The topological polar surface area (TPSA) is 67.8 Å². The maximum atomic E-state index is 11.7. The Hall–Kier alpha value is -1.01. The van der Waals surface area contributed by atoms with Crippen LogP contribution < -0.4 is 10.1 Å². The van der Waals surface area contributed by atoms with Gasteiger partial charge in [-0.15, -0.1) is 0 Å². The van der Waals surface area contributed by atoms with Gasteiger partial charge in [-0.05, 0) is 24.6 Å². The number of nitrogens with one attached hydrogen (secondary N) is 1. The Labute approximate surface area is 127 Å². The van der Waals surface area contributed by atoms with E-state index in [2.05, 4.69) is 5.32 Å². The molecule has 20 heavy (non-hydrogen) atoms.